The topological polar surface area (TPSA) is 80.3 Å². The van der Waals surface area contributed by atoms with Crippen LogP contribution in [0.4, 0.5) is 0 Å². The molecule has 0 aliphatic rings. The molecule has 0 N–H and O–H groups in total. The van der Waals surface area contributed by atoms with Gasteiger partial charge in [-0.1, -0.05) is 0 Å². The summed E-state index contributed by atoms with van der Waals surface area (Å²) in [5.41, 5.74) is 0. The normalized spacial score (nSPS) is 17.2. The molecular formula is C10H22O7Si2. The first-order chi connectivity index (χ1) is 8.66. The molecule has 0 bridgehead atoms. The van der Waals surface area contributed by atoms with Gasteiger partial charge in [0, 0.05) is 40.2 Å². The third-order valence-corrected chi connectivity index (χ3v) is 7.75. The van der Waals surface area contributed by atoms with E-state index < -0.39 is 29.5 Å². The van der Waals surface area contributed by atoms with Crippen molar-refractivity contribution in [2.24, 2.45) is 0 Å². The average Bonchev–Trinajstić information content (AvgIpc) is 2.12. The zero-order valence-corrected chi connectivity index (χ0v) is 14.3. The van der Waals surface area contributed by atoms with Gasteiger partial charge in [-0.3, -0.25) is 9.59 Å². The SMILES string of the molecule is CCO[Si](C)(OC(C)=O)O[Si](C)(OCC)OC(C)=O. The van der Waals surface area contributed by atoms with E-state index in [2.05, 4.69) is 0 Å². The lowest BCUT2D eigenvalue weighted by atomic mass is 10.9. The van der Waals surface area contributed by atoms with Crippen molar-refractivity contribution in [2.45, 2.75) is 40.8 Å². The van der Waals surface area contributed by atoms with Gasteiger partial charge in [0.15, 0.2) is 0 Å². The molecule has 0 aromatic heterocycles. The lowest BCUT2D eigenvalue weighted by Crippen LogP contribution is -2.56. The van der Waals surface area contributed by atoms with Crippen LogP contribution in [-0.4, -0.2) is 42.8 Å². The highest BCUT2D eigenvalue weighted by molar-refractivity contribution is 6.75. The van der Waals surface area contributed by atoms with E-state index in [1.54, 1.807) is 26.9 Å². The van der Waals surface area contributed by atoms with Gasteiger partial charge in [0.1, 0.15) is 0 Å². The molecule has 0 aliphatic carbocycles. The van der Waals surface area contributed by atoms with Crippen molar-refractivity contribution in [1.29, 1.82) is 0 Å². The summed E-state index contributed by atoms with van der Waals surface area (Å²) in [6.45, 7) is 9.78. The van der Waals surface area contributed by atoms with Crippen LogP contribution in [0.15, 0.2) is 0 Å². The zero-order chi connectivity index (χ0) is 15.1. The molecule has 19 heavy (non-hydrogen) atoms. The minimum absolute atomic E-state index is 0.312. The minimum atomic E-state index is -3.24. The van der Waals surface area contributed by atoms with Crippen LogP contribution in [0, 0.1) is 0 Å². The van der Waals surface area contributed by atoms with E-state index in [1.807, 2.05) is 0 Å². The summed E-state index contributed by atoms with van der Waals surface area (Å²) in [7, 11) is -6.48. The molecule has 112 valence electrons. The Labute approximate surface area is 115 Å². The van der Waals surface area contributed by atoms with E-state index in [4.69, 9.17) is 21.8 Å². The molecule has 0 heterocycles. The number of hydrogen-bond donors (Lipinski definition) is 0. The Morgan fingerprint density at radius 2 is 1.16 bits per heavy atom. The van der Waals surface area contributed by atoms with Crippen LogP contribution in [-0.2, 0) is 31.4 Å². The molecule has 0 aromatic rings. The smallest absolute Gasteiger partial charge is 0.474 e. The van der Waals surface area contributed by atoms with Crippen molar-refractivity contribution in [3.63, 3.8) is 0 Å². The van der Waals surface area contributed by atoms with Gasteiger partial charge in [0.25, 0.3) is 11.9 Å². The number of rotatable bonds is 8. The first kappa shape index (κ1) is 18.3. The fourth-order valence-electron chi connectivity index (χ4n) is 1.54. The zero-order valence-electron chi connectivity index (χ0n) is 12.3. The van der Waals surface area contributed by atoms with Gasteiger partial charge < -0.3 is 21.8 Å². The van der Waals surface area contributed by atoms with Crippen LogP contribution in [0.1, 0.15) is 27.7 Å². The van der Waals surface area contributed by atoms with Gasteiger partial charge in [-0.2, -0.15) is 0 Å². The summed E-state index contributed by atoms with van der Waals surface area (Å²) in [4.78, 5) is 22.2. The maximum absolute atomic E-state index is 11.1. The molecule has 7 nitrogen and oxygen atoms in total. The number of carbonyl (C=O) groups excluding carboxylic acids is 2. The molecule has 2 atom stereocenters. The summed E-state index contributed by atoms with van der Waals surface area (Å²) < 4.78 is 26.7. The summed E-state index contributed by atoms with van der Waals surface area (Å²) in [6.07, 6.45) is 0. The summed E-state index contributed by atoms with van der Waals surface area (Å²) >= 11 is 0. The lowest BCUT2D eigenvalue weighted by molar-refractivity contribution is -0.137. The van der Waals surface area contributed by atoms with Crippen molar-refractivity contribution in [3.05, 3.63) is 0 Å². The molecule has 9 heteroatoms. The first-order valence-electron chi connectivity index (χ1n) is 6.03. The van der Waals surface area contributed by atoms with Gasteiger partial charge in [0.2, 0.25) is 0 Å². The van der Waals surface area contributed by atoms with Gasteiger partial charge >= 0.3 is 17.6 Å². The van der Waals surface area contributed by atoms with Crippen molar-refractivity contribution in [3.8, 4) is 0 Å². The van der Waals surface area contributed by atoms with Crippen LogP contribution >= 0.6 is 0 Å². The van der Waals surface area contributed by atoms with Crippen LogP contribution in [0.3, 0.4) is 0 Å². The predicted molar refractivity (Wildman–Crippen MR) is 71.1 cm³/mol. The molecule has 0 aliphatic heterocycles. The van der Waals surface area contributed by atoms with E-state index in [-0.39, 0.29) is 0 Å². The molecule has 0 rings (SSSR count). The van der Waals surface area contributed by atoms with E-state index >= 15 is 0 Å². The Bertz CT molecular complexity index is 295. The Balaban J connectivity index is 5.01. The number of hydrogen-bond acceptors (Lipinski definition) is 7. The van der Waals surface area contributed by atoms with E-state index in [0.717, 1.165) is 0 Å². The maximum atomic E-state index is 11.1. The second-order valence-electron chi connectivity index (χ2n) is 3.88. The third-order valence-electron chi connectivity index (χ3n) is 1.84. The van der Waals surface area contributed by atoms with Gasteiger partial charge in [-0.15, -0.1) is 0 Å². The van der Waals surface area contributed by atoms with Gasteiger partial charge in [0.05, 0.1) is 0 Å². The highest BCUT2D eigenvalue weighted by atomic mass is 28.5. The van der Waals surface area contributed by atoms with Crippen LogP contribution < -0.4 is 0 Å². The number of carbonyl (C=O) groups is 2. The average molecular weight is 310 g/mol. The molecule has 0 fully saturated rings. The van der Waals surface area contributed by atoms with Crippen molar-refractivity contribution in [2.75, 3.05) is 13.2 Å². The van der Waals surface area contributed by atoms with Crippen molar-refractivity contribution < 1.29 is 31.4 Å². The fourth-order valence-corrected chi connectivity index (χ4v) is 7.25. The van der Waals surface area contributed by atoms with Crippen LogP contribution in [0.5, 0.6) is 0 Å². The van der Waals surface area contributed by atoms with Crippen LogP contribution in [0.25, 0.3) is 0 Å². The summed E-state index contributed by atoms with van der Waals surface area (Å²) in [6, 6.07) is 0. The molecule has 2 unspecified atom stereocenters. The van der Waals surface area contributed by atoms with Gasteiger partial charge in [-0.05, 0) is 13.8 Å². The maximum Gasteiger partial charge on any atom is 0.558 e. The molecule has 0 radical (unpaired) electrons. The second kappa shape index (κ2) is 7.75. The Kier molecular flexibility index (Phi) is 7.44. The Morgan fingerprint density at radius 1 is 0.842 bits per heavy atom. The quantitative estimate of drug-likeness (QED) is 0.626. The fraction of sp³-hybridized carbons (Fsp3) is 0.800. The van der Waals surface area contributed by atoms with Gasteiger partial charge in [-0.25, -0.2) is 0 Å². The highest BCUT2D eigenvalue weighted by Crippen LogP contribution is 2.20. The highest BCUT2D eigenvalue weighted by Gasteiger charge is 2.51. The second-order valence-corrected chi connectivity index (χ2v) is 9.13. The monoisotopic (exact) mass is 310 g/mol. The first-order valence-corrected chi connectivity index (χ1v) is 10.5. The van der Waals surface area contributed by atoms with E-state index in [0.29, 0.717) is 13.2 Å². The van der Waals surface area contributed by atoms with E-state index in [1.165, 1.54) is 13.8 Å². The lowest BCUT2D eigenvalue weighted by Gasteiger charge is -2.32. The third kappa shape index (κ3) is 7.42. The molecule has 0 amide bonds. The van der Waals surface area contributed by atoms with Crippen molar-refractivity contribution in [1.82, 2.24) is 0 Å². The predicted octanol–water partition coefficient (Wildman–Crippen LogP) is 1.34. The Morgan fingerprint density at radius 3 is 1.37 bits per heavy atom. The molecule has 0 aromatic carbocycles. The summed E-state index contributed by atoms with van der Waals surface area (Å²) in [5.74, 6) is -1.03. The molecule has 0 saturated heterocycles. The Hall–Kier alpha value is -0.746. The standard InChI is InChI=1S/C10H22O7Si2/c1-7-13-18(5,15-9(3)11)17-19(6,14-8-2)16-10(4)12/h7-8H2,1-6H3. The largest absolute Gasteiger partial charge is 0.558 e. The minimum Gasteiger partial charge on any atom is -0.474 e. The van der Waals surface area contributed by atoms with E-state index in [9.17, 15) is 9.59 Å². The molecule has 0 spiro atoms. The summed E-state index contributed by atoms with van der Waals surface area (Å²) in [5, 5.41) is 0. The molecular weight excluding hydrogens is 288 g/mol. The van der Waals surface area contributed by atoms with Crippen LogP contribution in [0.2, 0.25) is 13.1 Å². The molecule has 0 saturated carbocycles. The van der Waals surface area contributed by atoms with Crippen molar-refractivity contribution >= 4 is 29.5 Å².